The smallest absolute Gasteiger partial charge is 0.335 e. The summed E-state index contributed by atoms with van der Waals surface area (Å²) in [6.07, 6.45) is 1.19. The molecule has 0 aliphatic carbocycles. The molecule has 4 heteroatoms. The molecule has 0 amide bonds. The fraction of sp³-hybridized carbons (Fsp3) is 0. The molecule has 0 saturated heterocycles. The molecule has 1 aliphatic rings. The minimum absolute atomic E-state index is 0.144. The lowest BCUT2D eigenvalue weighted by molar-refractivity contribution is 0.0696. The van der Waals surface area contributed by atoms with Gasteiger partial charge in [0, 0.05) is 5.56 Å². The maximum atomic E-state index is 11.0. The van der Waals surface area contributed by atoms with Crippen LogP contribution in [0.1, 0.15) is 20.7 Å². The van der Waals surface area contributed by atoms with Crippen LogP contribution in [0.4, 0.5) is 5.69 Å². The van der Waals surface area contributed by atoms with E-state index in [1.807, 2.05) is 0 Å². The maximum Gasteiger partial charge on any atom is 0.335 e. The first-order valence-corrected chi connectivity index (χ1v) is 3.64. The summed E-state index contributed by atoms with van der Waals surface area (Å²) in [5.41, 5.74) is 1.04. The Hall–Kier alpha value is -1.97. The Labute approximate surface area is 73.5 Å². The van der Waals surface area contributed by atoms with Crippen molar-refractivity contribution in [2.24, 2.45) is 4.99 Å². The van der Waals surface area contributed by atoms with Gasteiger partial charge in [0.1, 0.15) is 0 Å². The predicted octanol–water partition coefficient (Wildman–Crippen LogP) is 1.28. The Morgan fingerprint density at radius 3 is 2.85 bits per heavy atom. The quantitative estimate of drug-likeness (QED) is 0.699. The van der Waals surface area contributed by atoms with E-state index in [4.69, 9.17) is 5.11 Å². The van der Waals surface area contributed by atoms with E-state index in [0.29, 0.717) is 11.3 Å². The normalized spacial score (nSPS) is 13.1. The molecule has 0 bridgehead atoms. The van der Waals surface area contributed by atoms with Gasteiger partial charge in [-0.25, -0.2) is 4.79 Å². The van der Waals surface area contributed by atoms with Gasteiger partial charge in [-0.3, -0.25) is 9.79 Å². The summed E-state index contributed by atoms with van der Waals surface area (Å²) in [5.74, 6) is -1.19. The van der Waals surface area contributed by atoms with Crippen LogP contribution in [0.25, 0.3) is 0 Å². The zero-order valence-corrected chi connectivity index (χ0v) is 6.52. The van der Waals surface area contributed by atoms with E-state index in [2.05, 4.69) is 4.99 Å². The third kappa shape index (κ3) is 1.12. The van der Waals surface area contributed by atoms with Crippen molar-refractivity contribution in [3.05, 3.63) is 29.3 Å². The fourth-order valence-electron chi connectivity index (χ4n) is 1.18. The average Bonchev–Trinajstić information content (AvgIpc) is 2.47. The second-order valence-electron chi connectivity index (χ2n) is 2.66. The third-order valence-electron chi connectivity index (χ3n) is 1.83. The molecule has 0 atom stereocenters. The number of nitrogens with zero attached hydrogens (tertiary/aromatic N) is 1. The van der Waals surface area contributed by atoms with Gasteiger partial charge in [-0.15, -0.1) is 0 Å². The lowest BCUT2D eigenvalue weighted by Gasteiger charge is -1.97. The van der Waals surface area contributed by atoms with Gasteiger partial charge < -0.3 is 5.11 Å². The Balaban J connectivity index is 2.57. The molecule has 1 heterocycles. The van der Waals surface area contributed by atoms with Crippen LogP contribution in [0.3, 0.4) is 0 Å². The van der Waals surface area contributed by atoms with Crippen molar-refractivity contribution < 1.29 is 14.7 Å². The molecule has 13 heavy (non-hydrogen) atoms. The van der Waals surface area contributed by atoms with E-state index in [1.165, 1.54) is 24.4 Å². The molecule has 1 aliphatic heterocycles. The summed E-state index contributed by atoms with van der Waals surface area (Å²) in [4.78, 5) is 25.4. The number of aliphatic imine (C=N–C) groups is 1. The minimum Gasteiger partial charge on any atom is -0.478 e. The lowest BCUT2D eigenvalue weighted by atomic mass is 10.1. The van der Waals surface area contributed by atoms with Gasteiger partial charge in [0.25, 0.3) is 0 Å². The minimum atomic E-state index is -1.02. The first kappa shape index (κ1) is 7.67. The highest BCUT2D eigenvalue weighted by Crippen LogP contribution is 2.24. The van der Waals surface area contributed by atoms with Gasteiger partial charge in [-0.2, -0.15) is 0 Å². The summed E-state index contributed by atoms with van der Waals surface area (Å²) >= 11 is 0. The number of aromatic carboxylic acids is 1. The molecule has 1 aromatic carbocycles. The van der Waals surface area contributed by atoms with Crippen molar-refractivity contribution in [3.63, 3.8) is 0 Å². The van der Waals surface area contributed by atoms with Gasteiger partial charge in [-0.1, -0.05) is 0 Å². The van der Waals surface area contributed by atoms with E-state index in [0.717, 1.165) is 0 Å². The number of carbonyl (C=O) groups is 2. The van der Waals surface area contributed by atoms with E-state index in [-0.39, 0.29) is 11.3 Å². The molecule has 0 spiro atoms. The first-order valence-electron chi connectivity index (χ1n) is 3.64. The van der Waals surface area contributed by atoms with E-state index >= 15 is 0 Å². The number of carboxylic acid groups (broad SMARTS) is 1. The van der Waals surface area contributed by atoms with Gasteiger partial charge in [-0.05, 0) is 18.2 Å². The molecular formula is C9H5NO3. The van der Waals surface area contributed by atoms with Crippen molar-refractivity contribution in [1.82, 2.24) is 0 Å². The Morgan fingerprint density at radius 2 is 2.15 bits per heavy atom. The average molecular weight is 175 g/mol. The highest BCUT2D eigenvalue weighted by Gasteiger charge is 2.16. The second-order valence-corrected chi connectivity index (χ2v) is 2.66. The highest BCUT2D eigenvalue weighted by molar-refractivity contribution is 6.40. The zero-order valence-electron chi connectivity index (χ0n) is 6.52. The number of carboxylic acids is 1. The number of Topliss-reactive ketones (excluding diaryl/α,β-unsaturated/α-hetero) is 1. The van der Waals surface area contributed by atoms with Crippen molar-refractivity contribution >= 4 is 23.7 Å². The number of rotatable bonds is 1. The summed E-state index contributed by atoms with van der Waals surface area (Å²) < 4.78 is 0. The second kappa shape index (κ2) is 2.52. The summed E-state index contributed by atoms with van der Waals surface area (Å²) in [7, 11) is 0. The van der Waals surface area contributed by atoms with Crippen molar-refractivity contribution in [2.75, 3.05) is 0 Å². The van der Waals surface area contributed by atoms with E-state index < -0.39 is 5.97 Å². The largest absolute Gasteiger partial charge is 0.478 e. The lowest BCUT2D eigenvalue weighted by Crippen LogP contribution is -1.98. The van der Waals surface area contributed by atoms with Crippen LogP contribution >= 0.6 is 0 Å². The Bertz CT molecular complexity index is 434. The van der Waals surface area contributed by atoms with E-state index in [9.17, 15) is 9.59 Å². The predicted molar refractivity (Wildman–Crippen MR) is 45.9 cm³/mol. The third-order valence-corrected chi connectivity index (χ3v) is 1.83. The zero-order chi connectivity index (χ0) is 9.42. The number of hydrogen-bond acceptors (Lipinski definition) is 3. The fourth-order valence-corrected chi connectivity index (χ4v) is 1.18. The van der Waals surface area contributed by atoms with Gasteiger partial charge in [0.05, 0.1) is 17.5 Å². The molecule has 0 fully saturated rings. The SMILES string of the molecule is O=C(O)c1ccc2c(c1)N=CC2=O. The molecule has 64 valence electrons. The van der Waals surface area contributed by atoms with Crippen LogP contribution in [-0.4, -0.2) is 23.1 Å². The molecule has 0 radical (unpaired) electrons. The molecule has 0 aromatic heterocycles. The van der Waals surface area contributed by atoms with Crippen LogP contribution < -0.4 is 0 Å². The standard InChI is InChI=1S/C9H5NO3/c11-8-4-10-7-3-5(9(12)13)1-2-6(7)8/h1-4H,(H,12,13). The van der Waals surface area contributed by atoms with Crippen molar-refractivity contribution in [2.45, 2.75) is 0 Å². The summed E-state index contributed by atoms with van der Waals surface area (Å²) in [5, 5.41) is 8.65. The van der Waals surface area contributed by atoms with Crippen molar-refractivity contribution in [1.29, 1.82) is 0 Å². The Kier molecular flexibility index (Phi) is 1.48. The number of benzene rings is 1. The number of hydrogen-bond donors (Lipinski definition) is 1. The molecular weight excluding hydrogens is 170 g/mol. The number of fused-ring (bicyclic) bond motifs is 1. The highest BCUT2D eigenvalue weighted by atomic mass is 16.4. The summed E-state index contributed by atoms with van der Waals surface area (Å²) in [6, 6.07) is 4.26. The maximum absolute atomic E-state index is 11.0. The van der Waals surface area contributed by atoms with Gasteiger partial charge in [0.2, 0.25) is 5.78 Å². The molecule has 2 rings (SSSR count). The van der Waals surface area contributed by atoms with Crippen LogP contribution in [0.5, 0.6) is 0 Å². The number of carbonyl (C=O) groups excluding carboxylic acids is 1. The molecule has 4 nitrogen and oxygen atoms in total. The van der Waals surface area contributed by atoms with Crippen LogP contribution in [0.2, 0.25) is 0 Å². The van der Waals surface area contributed by atoms with Crippen molar-refractivity contribution in [3.8, 4) is 0 Å². The topological polar surface area (TPSA) is 66.7 Å². The molecule has 0 saturated carbocycles. The van der Waals surface area contributed by atoms with E-state index in [1.54, 1.807) is 0 Å². The van der Waals surface area contributed by atoms with Crippen LogP contribution in [0.15, 0.2) is 23.2 Å². The monoisotopic (exact) mass is 175 g/mol. The van der Waals surface area contributed by atoms with Crippen LogP contribution in [-0.2, 0) is 0 Å². The van der Waals surface area contributed by atoms with Gasteiger partial charge in [0.15, 0.2) is 0 Å². The van der Waals surface area contributed by atoms with Crippen LogP contribution in [0, 0.1) is 0 Å². The van der Waals surface area contributed by atoms with Gasteiger partial charge >= 0.3 is 5.97 Å². The Morgan fingerprint density at radius 1 is 1.38 bits per heavy atom. The first-order chi connectivity index (χ1) is 6.18. The summed E-state index contributed by atoms with van der Waals surface area (Å²) in [6.45, 7) is 0. The molecule has 1 N–H and O–H groups in total. The molecule has 1 aromatic rings. The number of ketones is 1. The molecule has 0 unspecified atom stereocenters.